The predicted octanol–water partition coefficient (Wildman–Crippen LogP) is 2.93. The van der Waals surface area contributed by atoms with Crippen molar-refractivity contribution in [2.75, 3.05) is 20.0 Å². The molecule has 3 N–H and O–H groups in total. The zero-order valence-corrected chi connectivity index (χ0v) is 13.2. The van der Waals surface area contributed by atoms with Gasteiger partial charge in [0.2, 0.25) is 0 Å². The number of halogens is 1. The fourth-order valence-electron chi connectivity index (χ4n) is 1.80. The summed E-state index contributed by atoms with van der Waals surface area (Å²) in [7, 11) is 3.01. The number of ether oxygens (including phenoxy) is 2. The first-order valence-electron chi connectivity index (χ1n) is 6.09. The maximum atomic E-state index is 12.2. The first-order chi connectivity index (χ1) is 10.0. The van der Waals surface area contributed by atoms with Crippen LogP contribution >= 0.6 is 22.9 Å². The van der Waals surface area contributed by atoms with E-state index in [1.54, 1.807) is 18.2 Å². The second-order valence-electron chi connectivity index (χ2n) is 4.18. The molecule has 1 aromatic carbocycles. The summed E-state index contributed by atoms with van der Waals surface area (Å²) < 4.78 is 11.0. The van der Waals surface area contributed by atoms with Crippen molar-refractivity contribution in [3.05, 3.63) is 39.0 Å². The number of nitrogens with two attached hydrogens (primary N) is 1. The van der Waals surface area contributed by atoms with Gasteiger partial charge in [0.15, 0.2) is 11.5 Å². The van der Waals surface area contributed by atoms with Gasteiger partial charge < -0.3 is 20.5 Å². The molecule has 21 heavy (non-hydrogen) atoms. The zero-order valence-electron chi connectivity index (χ0n) is 11.6. The minimum absolute atomic E-state index is 0.280. The van der Waals surface area contributed by atoms with Crippen molar-refractivity contribution in [3.63, 3.8) is 0 Å². The Kier molecular flexibility index (Phi) is 4.93. The Morgan fingerprint density at radius 2 is 1.95 bits per heavy atom. The van der Waals surface area contributed by atoms with E-state index in [1.807, 2.05) is 6.07 Å². The van der Waals surface area contributed by atoms with Gasteiger partial charge in [-0.1, -0.05) is 11.6 Å². The van der Waals surface area contributed by atoms with E-state index in [1.165, 1.54) is 25.6 Å². The zero-order chi connectivity index (χ0) is 15.4. The van der Waals surface area contributed by atoms with E-state index in [2.05, 4.69) is 5.32 Å². The summed E-state index contributed by atoms with van der Waals surface area (Å²) in [4.78, 5) is 13.2. The monoisotopic (exact) mass is 326 g/mol. The van der Waals surface area contributed by atoms with Crippen LogP contribution in [0.2, 0.25) is 4.34 Å². The van der Waals surface area contributed by atoms with Gasteiger partial charge in [0.25, 0.3) is 5.91 Å². The maximum Gasteiger partial charge on any atom is 0.253 e. The molecule has 0 spiro atoms. The summed E-state index contributed by atoms with van der Waals surface area (Å²) in [6, 6.07) is 6.78. The molecule has 5 nitrogen and oxygen atoms in total. The highest BCUT2D eigenvalue weighted by Crippen LogP contribution is 2.32. The van der Waals surface area contributed by atoms with Gasteiger partial charge in [0.05, 0.1) is 30.7 Å². The standard InChI is InChI=1S/C14H15ClN2O3S/c1-19-11-5-9(10(16)6-12(11)20-2)14(18)17-7-8-3-4-13(15)21-8/h3-6H,7,16H2,1-2H3,(H,17,18). The number of nitrogens with one attached hydrogen (secondary N) is 1. The smallest absolute Gasteiger partial charge is 0.253 e. The molecule has 7 heteroatoms. The number of hydrogen-bond acceptors (Lipinski definition) is 5. The van der Waals surface area contributed by atoms with Gasteiger partial charge in [0.1, 0.15) is 0 Å². The third-order valence-electron chi connectivity index (χ3n) is 2.85. The number of rotatable bonds is 5. The molecule has 0 unspecified atom stereocenters. The second-order valence-corrected chi connectivity index (χ2v) is 5.98. The number of amides is 1. The molecule has 0 saturated heterocycles. The maximum absolute atomic E-state index is 12.2. The van der Waals surface area contributed by atoms with E-state index in [0.717, 1.165) is 4.88 Å². The molecule has 0 bridgehead atoms. The van der Waals surface area contributed by atoms with Crippen LogP contribution in [-0.4, -0.2) is 20.1 Å². The van der Waals surface area contributed by atoms with Gasteiger partial charge in [-0.05, 0) is 18.2 Å². The Morgan fingerprint density at radius 3 is 2.52 bits per heavy atom. The van der Waals surface area contributed by atoms with E-state index >= 15 is 0 Å². The molecule has 0 aliphatic carbocycles. The number of carbonyl (C=O) groups excluding carboxylic acids is 1. The fraction of sp³-hybridized carbons (Fsp3) is 0.214. The first-order valence-corrected chi connectivity index (χ1v) is 7.28. The van der Waals surface area contributed by atoms with Crippen molar-refractivity contribution in [2.45, 2.75) is 6.54 Å². The average molecular weight is 327 g/mol. The highest BCUT2D eigenvalue weighted by molar-refractivity contribution is 7.16. The minimum atomic E-state index is -0.280. The minimum Gasteiger partial charge on any atom is -0.493 e. The van der Waals surface area contributed by atoms with Crippen LogP contribution in [0.4, 0.5) is 5.69 Å². The predicted molar refractivity (Wildman–Crippen MR) is 84.5 cm³/mol. The molecular formula is C14H15ClN2O3S. The molecule has 1 heterocycles. The molecule has 2 rings (SSSR count). The highest BCUT2D eigenvalue weighted by Gasteiger charge is 2.15. The van der Waals surface area contributed by atoms with Gasteiger partial charge in [-0.25, -0.2) is 0 Å². The number of anilines is 1. The normalized spacial score (nSPS) is 10.2. The van der Waals surface area contributed by atoms with Crippen molar-refractivity contribution >= 4 is 34.5 Å². The van der Waals surface area contributed by atoms with Crippen LogP contribution in [-0.2, 0) is 6.54 Å². The van der Waals surface area contributed by atoms with Gasteiger partial charge >= 0.3 is 0 Å². The molecule has 0 saturated carbocycles. The molecule has 0 aliphatic heterocycles. The summed E-state index contributed by atoms with van der Waals surface area (Å²) in [5, 5.41) is 2.79. The van der Waals surface area contributed by atoms with Crippen molar-refractivity contribution < 1.29 is 14.3 Å². The van der Waals surface area contributed by atoms with Crippen molar-refractivity contribution in [1.82, 2.24) is 5.32 Å². The molecule has 1 amide bonds. The Bertz CT molecular complexity index is 658. The molecule has 1 aromatic heterocycles. The summed E-state index contributed by atoms with van der Waals surface area (Å²) >= 11 is 7.26. The topological polar surface area (TPSA) is 73.6 Å². The molecule has 0 atom stereocenters. The van der Waals surface area contributed by atoms with Crippen molar-refractivity contribution in [2.24, 2.45) is 0 Å². The lowest BCUT2D eigenvalue weighted by atomic mass is 10.1. The quantitative estimate of drug-likeness (QED) is 0.828. The number of thiophene rings is 1. The average Bonchev–Trinajstić information content (AvgIpc) is 2.90. The Labute approximate surface area is 131 Å². The van der Waals surface area contributed by atoms with Gasteiger partial charge in [-0.15, -0.1) is 11.3 Å². The molecule has 0 aliphatic rings. The van der Waals surface area contributed by atoms with Crippen LogP contribution < -0.4 is 20.5 Å². The summed E-state index contributed by atoms with van der Waals surface area (Å²) in [6.45, 7) is 0.393. The van der Waals surface area contributed by atoms with E-state index in [0.29, 0.717) is 33.6 Å². The Hall–Kier alpha value is -1.92. The molecule has 2 aromatic rings. The van der Waals surface area contributed by atoms with Crippen LogP contribution in [0.15, 0.2) is 24.3 Å². The number of carbonyl (C=O) groups is 1. The SMILES string of the molecule is COc1cc(N)c(C(=O)NCc2ccc(Cl)s2)cc1OC. The van der Waals surface area contributed by atoms with Crippen LogP contribution in [0.5, 0.6) is 11.5 Å². The highest BCUT2D eigenvalue weighted by atomic mass is 35.5. The number of nitrogen functional groups attached to an aromatic ring is 1. The molecular weight excluding hydrogens is 312 g/mol. The number of hydrogen-bond donors (Lipinski definition) is 2. The lowest BCUT2D eigenvalue weighted by Gasteiger charge is -2.12. The molecule has 0 radical (unpaired) electrons. The van der Waals surface area contributed by atoms with Crippen molar-refractivity contribution in [3.8, 4) is 11.5 Å². The van der Waals surface area contributed by atoms with Crippen LogP contribution in [0.3, 0.4) is 0 Å². The summed E-state index contributed by atoms with van der Waals surface area (Å²) in [6.07, 6.45) is 0. The summed E-state index contributed by atoms with van der Waals surface area (Å²) in [5.74, 6) is 0.658. The van der Waals surface area contributed by atoms with Crippen LogP contribution in [0.25, 0.3) is 0 Å². The van der Waals surface area contributed by atoms with E-state index in [4.69, 9.17) is 26.8 Å². The van der Waals surface area contributed by atoms with E-state index in [9.17, 15) is 4.79 Å². The van der Waals surface area contributed by atoms with Crippen LogP contribution in [0, 0.1) is 0 Å². The van der Waals surface area contributed by atoms with Gasteiger partial charge in [-0.2, -0.15) is 0 Å². The molecule has 0 fully saturated rings. The van der Waals surface area contributed by atoms with Crippen molar-refractivity contribution in [1.29, 1.82) is 0 Å². The number of methoxy groups -OCH3 is 2. The van der Waals surface area contributed by atoms with Gasteiger partial charge in [-0.3, -0.25) is 4.79 Å². The van der Waals surface area contributed by atoms with Gasteiger partial charge in [0, 0.05) is 16.6 Å². The Morgan fingerprint density at radius 1 is 1.29 bits per heavy atom. The third-order valence-corrected chi connectivity index (χ3v) is 4.08. The largest absolute Gasteiger partial charge is 0.493 e. The first kappa shape index (κ1) is 15.5. The Balaban J connectivity index is 2.15. The third kappa shape index (κ3) is 3.59. The lowest BCUT2D eigenvalue weighted by molar-refractivity contribution is 0.0952. The summed E-state index contributed by atoms with van der Waals surface area (Å²) in [5.41, 5.74) is 6.55. The van der Waals surface area contributed by atoms with E-state index < -0.39 is 0 Å². The fourth-order valence-corrected chi connectivity index (χ4v) is 2.83. The second kappa shape index (κ2) is 6.69. The van der Waals surface area contributed by atoms with E-state index in [-0.39, 0.29) is 5.91 Å². The lowest BCUT2D eigenvalue weighted by Crippen LogP contribution is -2.23. The number of benzene rings is 1. The van der Waals surface area contributed by atoms with Crippen LogP contribution in [0.1, 0.15) is 15.2 Å². The molecule has 112 valence electrons.